The lowest BCUT2D eigenvalue weighted by Gasteiger charge is -2.31. The van der Waals surface area contributed by atoms with Crippen LogP contribution in [0.25, 0.3) is 0 Å². The zero-order valence-electron chi connectivity index (χ0n) is 15.4. The Balaban J connectivity index is 2.16. The Bertz CT molecular complexity index is 611. The third-order valence-corrected chi connectivity index (χ3v) is 4.79. The second-order valence-corrected chi connectivity index (χ2v) is 6.84. The summed E-state index contributed by atoms with van der Waals surface area (Å²) in [6.45, 7) is 6.53. The molecular weight excluding hydrogens is 304 g/mol. The van der Waals surface area contributed by atoms with Gasteiger partial charge in [0.2, 0.25) is 0 Å². The van der Waals surface area contributed by atoms with Gasteiger partial charge >= 0.3 is 0 Å². The van der Waals surface area contributed by atoms with E-state index in [2.05, 4.69) is 16.7 Å². The van der Waals surface area contributed by atoms with Crippen LogP contribution in [-0.4, -0.2) is 78.0 Å². The van der Waals surface area contributed by atoms with Crippen LogP contribution in [0.3, 0.4) is 0 Å². The van der Waals surface area contributed by atoms with E-state index in [1.165, 1.54) is 17.1 Å². The van der Waals surface area contributed by atoms with Crippen LogP contribution in [0.5, 0.6) is 0 Å². The van der Waals surface area contributed by atoms with E-state index in [-0.39, 0.29) is 11.5 Å². The Kier molecular flexibility index (Phi) is 6.57. The predicted octanol–water partition coefficient (Wildman–Crippen LogP) is 0.873. The highest BCUT2D eigenvalue weighted by atomic mass is 16.2. The Morgan fingerprint density at radius 1 is 1.33 bits per heavy atom. The number of aromatic nitrogens is 1. The van der Waals surface area contributed by atoms with Crippen LogP contribution in [0, 0.1) is 0 Å². The van der Waals surface area contributed by atoms with Crippen molar-refractivity contribution >= 4 is 5.91 Å². The normalized spacial score (nSPS) is 18.3. The summed E-state index contributed by atoms with van der Waals surface area (Å²) in [5.41, 5.74) is 0.336. The molecule has 1 atom stereocenters. The summed E-state index contributed by atoms with van der Waals surface area (Å²) in [6, 6.07) is 3.60. The second-order valence-electron chi connectivity index (χ2n) is 6.84. The molecule has 0 spiro atoms. The quantitative estimate of drug-likeness (QED) is 0.743. The fourth-order valence-corrected chi connectivity index (χ4v) is 3.23. The largest absolute Gasteiger partial charge is 0.336 e. The number of carbonyl (C=O) groups is 1. The number of hydrogen-bond acceptors (Lipinski definition) is 4. The maximum Gasteiger partial charge on any atom is 0.254 e. The Morgan fingerprint density at radius 2 is 2.08 bits per heavy atom. The SMILES string of the molecule is CCN1CCCC1CN(CCN(C)C)C(=O)c1ccn(C)c(=O)c1. The molecule has 0 bridgehead atoms. The van der Waals surface area contributed by atoms with Crippen LogP contribution >= 0.6 is 0 Å². The molecule has 1 fully saturated rings. The number of hydrogen-bond donors (Lipinski definition) is 0. The average molecular weight is 334 g/mol. The van der Waals surface area contributed by atoms with E-state index in [0.29, 0.717) is 18.2 Å². The molecule has 6 nitrogen and oxygen atoms in total. The highest BCUT2D eigenvalue weighted by molar-refractivity contribution is 5.94. The van der Waals surface area contributed by atoms with Crippen LogP contribution in [0.4, 0.5) is 0 Å². The fourth-order valence-electron chi connectivity index (χ4n) is 3.23. The van der Waals surface area contributed by atoms with Crippen LogP contribution in [0.2, 0.25) is 0 Å². The van der Waals surface area contributed by atoms with Gasteiger partial charge in [-0.15, -0.1) is 0 Å². The molecule has 0 saturated carbocycles. The molecule has 0 N–H and O–H groups in total. The fraction of sp³-hybridized carbons (Fsp3) is 0.667. The number of carbonyl (C=O) groups excluding carboxylic acids is 1. The second kappa shape index (κ2) is 8.44. The molecule has 1 amide bonds. The number of rotatable bonds is 7. The minimum absolute atomic E-state index is 0.0440. The van der Waals surface area contributed by atoms with E-state index in [9.17, 15) is 9.59 Å². The van der Waals surface area contributed by atoms with Gasteiger partial charge in [-0.3, -0.25) is 14.5 Å². The monoisotopic (exact) mass is 334 g/mol. The third kappa shape index (κ3) is 4.68. The van der Waals surface area contributed by atoms with Gasteiger partial charge < -0.3 is 14.4 Å². The summed E-state index contributed by atoms with van der Waals surface area (Å²) in [4.78, 5) is 31.2. The standard InChI is InChI=1S/C18H30N4O2/c1-5-21-9-6-7-16(21)14-22(12-11-19(2)3)18(24)15-8-10-20(4)17(23)13-15/h8,10,13,16H,5-7,9,11-12,14H2,1-4H3. The zero-order valence-corrected chi connectivity index (χ0v) is 15.4. The van der Waals surface area contributed by atoms with Crippen LogP contribution < -0.4 is 5.56 Å². The molecule has 1 unspecified atom stereocenters. The van der Waals surface area contributed by atoms with Gasteiger partial charge in [-0.2, -0.15) is 0 Å². The smallest absolute Gasteiger partial charge is 0.254 e. The number of likely N-dealkylation sites (N-methyl/N-ethyl adjacent to an activating group) is 2. The Morgan fingerprint density at radius 3 is 2.71 bits per heavy atom. The zero-order chi connectivity index (χ0) is 17.7. The highest BCUT2D eigenvalue weighted by Crippen LogP contribution is 2.18. The maximum atomic E-state index is 12.9. The predicted molar refractivity (Wildman–Crippen MR) is 96.4 cm³/mol. The van der Waals surface area contributed by atoms with E-state index in [1.807, 2.05) is 19.0 Å². The summed E-state index contributed by atoms with van der Waals surface area (Å²) < 4.78 is 1.48. The summed E-state index contributed by atoms with van der Waals surface area (Å²) in [7, 11) is 5.71. The first-order valence-electron chi connectivity index (χ1n) is 8.77. The van der Waals surface area contributed by atoms with Gasteiger partial charge in [0.15, 0.2) is 0 Å². The first-order chi connectivity index (χ1) is 11.4. The van der Waals surface area contributed by atoms with E-state index in [0.717, 1.165) is 32.6 Å². The highest BCUT2D eigenvalue weighted by Gasteiger charge is 2.27. The number of pyridine rings is 1. The number of likely N-dealkylation sites (tertiary alicyclic amines) is 1. The van der Waals surface area contributed by atoms with E-state index in [4.69, 9.17) is 0 Å². The van der Waals surface area contributed by atoms with Gasteiger partial charge in [0.05, 0.1) is 0 Å². The summed E-state index contributed by atoms with van der Waals surface area (Å²) >= 11 is 0. The lowest BCUT2D eigenvalue weighted by molar-refractivity contribution is 0.0694. The molecule has 0 aliphatic carbocycles. The van der Waals surface area contributed by atoms with Crippen molar-refractivity contribution in [3.8, 4) is 0 Å². The van der Waals surface area contributed by atoms with Gasteiger partial charge in [0.25, 0.3) is 11.5 Å². The summed E-state index contributed by atoms with van der Waals surface area (Å²) in [6.07, 6.45) is 3.99. The molecular formula is C18H30N4O2. The van der Waals surface area contributed by atoms with Gasteiger partial charge in [0.1, 0.15) is 0 Å². The van der Waals surface area contributed by atoms with Gasteiger partial charge in [-0.05, 0) is 46.1 Å². The molecule has 1 aliphatic rings. The molecule has 1 aromatic heterocycles. The van der Waals surface area contributed by atoms with E-state index >= 15 is 0 Å². The molecule has 1 aromatic rings. The molecule has 1 saturated heterocycles. The first kappa shape index (κ1) is 18.7. The van der Waals surface area contributed by atoms with Crippen molar-refractivity contribution in [3.05, 3.63) is 34.2 Å². The van der Waals surface area contributed by atoms with Crippen molar-refractivity contribution in [2.45, 2.75) is 25.8 Å². The van der Waals surface area contributed by atoms with Crippen LogP contribution in [-0.2, 0) is 7.05 Å². The minimum Gasteiger partial charge on any atom is -0.336 e. The van der Waals surface area contributed by atoms with Crippen molar-refractivity contribution in [2.75, 3.05) is 46.8 Å². The molecule has 1 aliphatic heterocycles. The van der Waals surface area contributed by atoms with Crippen molar-refractivity contribution in [2.24, 2.45) is 7.05 Å². The molecule has 134 valence electrons. The third-order valence-electron chi connectivity index (χ3n) is 4.79. The number of aryl methyl sites for hydroxylation is 1. The lowest BCUT2D eigenvalue weighted by atomic mass is 10.1. The first-order valence-corrected chi connectivity index (χ1v) is 8.77. The summed E-state index contributed by atoms with van der Waals surface area (Å²) in [5.74, 6) is -0.0440. The summed E-state index contributed by atoms with van der Waals surface area (Å²) in [5, 5.41) is 0. The van der Waals surface area contributed by atoms with Gasteiger partial charge in [-0.25, -0.2) is 0 Å². The van der Waals surface area contributed by atoms with Gasteiger partial charge in [0, 0.05) is 50.6 Å². The number of amides is 1. The topological polar surface area (TPSA) is 48.8 Å². The Hall–Kier alpha value is -1.66. The van der Waals surface area contributed by atoms with Crippen LogP contribution in [0.15, 0.2) is 23.1 Å². The number of nitrogens with zero attached hydrogens (tertiary/aromatic N) is 4. The molecule has 6 heteroatoms. The van der Waals surface area contributed by atoms with E-state index in [1.54, 1.807) is 19.3 Å². The molecule has 0 radical (unpaired) electrons. The molecule has 0 aromatic carbocycles. The molecule has 2 rings (SSSR count). The lowest BCUT2D eigenvalue weighted by Crippen LogP contribution is -2.45. The van der Waals surface area contributed by atoms with Crippen molar-refractivity contribution in [3.63, 3.8) is 0 Å². The Labute approximate surface area is 144 Å². The average Bonchev–Trinajstić information content (AvgIpc) is 3.00. The van der Waals surface area contributed by atoms with Crippen molar-refractivity contribution < 1.29 is 4.79 Å². The molecule has 2 heterocycles. The van der Waals surface area contributed by atoms with Crippen molar-refractivity contribution in [1.29, 1.82) is 0 Å². The molecule has 24 heavy (non-hydrogen) atoms. The van der Waals surface area contributed by atoms with Crippen LogP contribution in [0.1, 0.15) is 30.1 Å². The van der Waals surface area contributed by atoms with E-state index < -0.39 is 0 Å². The maximum absolute atomic E-state index is 12.9. The van der Waals surface area contributed by atoms with Gasteiger partial charge in [-0.1, -0.05) is 6.92 Å². The van der Waals surface area contributed by atoms with Crippen molar-refractivity contribution in [1.82, 2.24) is 19.3 Å². The minimum atomic E-state index is -0.149.